The van der Waals surface area contributed by atoms with Crippen molar-refractivity contribution >= 4 is 5.69 Å². The number of nitrogens with zero attached hydrogens (tertiary/aromatic N) is 2. The first kappa shape index (κ1) is 9.08. The highest BCUT2D eigenvalue weighted by molar-refractivity contribution is 5.56. The van der Waals surface area contributed by atoms with Gasteiger partial charge in [-0.1, -0.05) is 18.2 Å². The minimum atomic E-state index is 0.157. The third kappa shape index (κ3) is 1.46. The average Bonchev–Trinajstić information content (AvgIpc) is 2.27. The Bertz CT molecular complexity index is 365. The van der Waals surface area contributed by atoms with Crippen LogP contribution in [0.1, 0.15) is 12.5 Å². The monoisotopic (exact) mass is 186 g/mol. The summed E-state index contributed by atoms with van der Waals surface area (Å²) in [6, 6.07) is 10.8. The average molecular weight is 186 g/mol. The van der Waals surface area contributed by atoms with Crippen LogP contribution in [0.4, 0.5) is 5.69 Å². The van der Waals surface area contributed by atoms with Gasteiger partial charge in [0.15, 0.2) is 0 Å². The molecule has 14 heavy (non-hydrogen) atoms. The molecule has 0 radical (unpaired) electrons. The molecule has 0 N–H and O–H groups in total. The molecule has 2 heteroatoms. The molecule has 1 unspecified atom stereocenters. The number of hydrogen-bond acceptors (Lipinski definition) is 2. The van der Waals surface area contributed by atoms with Gasteiger partial charge in [-0.2, -0.15) is 5.26 Å². The standard InChI is InChI=1S/C12H14N2/c1-2-14-9-10(8-13)7-11-5-3-4-6-12(11)14/h3-6,10H,2,7,9H2,1H3. The zero-order valence-corrected chi connectivity index (χ0v) is 8.40. The zero-order valence-electron chi connectivity index (χ0n) is 8.40. The van der Waals surface area contributed by atoms with Crippen molar-refractivity contribution < 1.29 is 0 Å². The fourth-order valence-corrected chi connectivity index (χ4v) is 2.07. The second-order valence-corrected chi connectivity index (χ2v) is 3.70. The summed E-state index contributed by atoms with van der Waals surface area (Å²) in [7, 11) is 0. The Morgan fingerprint density at radius 3 is 3.00 bits per heavy atom. The molecule has 0 aromatic heterocycles. The van der Waals surface area contributed by atoms with Crippen molar-refractivity contribution in [1.29, 1.82) is 5.26 Å². The fraction of sp³-hybridized carbons (Fsp3) is 0.417. The van der Waals surface area contributed by atoms with Crippen LogP contribution in [0.25, 0.3) is 0 Å². The number of hydrogen-bond donors (Lipinski definition) is 0. The highest BCUT2D eigenvalue weighted by Gasteiger charge is 2.22. The van der Waals surface area contributed by atoms with E-state index in [-0.39, 0.29) is 5.92 Å². The molecule has 0 bridgehead atoms. The maximum atomic E-state index is 8.95. The van der Waals surface area contributed by atoms with Crippen LogP contribution < -0.4 is 4.90 Å². The first-order valence-electron chi connectivity index (χ1n) is 5.07. The van der Waals surface area contributed by atoms with E-state index in [4.69, 9.17) is 5.26 Å². The van der Waals surface area contributed by atoms with E-state index in [0.29, 0.717) is 0 Å². The summed E-state index contributed by atoms with van der Waals surface area (Å²) in [5.41, 5.74) is 2.62. The summed E-state index contributed by atoms with van der Waals surface area (Å²) in [4.78, 5) is 2.28. The number of fused-ring (bicyclic) bond motifs is 1. The molecule has 2 nitrogen and oxygen atoms in total. The molecule has 72 valence electrons. The van der Waals surface area contributed by atoms with Crippen LogP contribution in [0.15, 0.2) is 24.3 Å². The van der Waals surface area contributed by atoms with Crippen molar-refractivity contribution in [2.45, 2.75) is 13.3 Å². The van der Waals surface area contributed by atoms with Crippen LogP contribution in [-0.2, 0) is 6.42 Å². The lowest BCUT2D eigenvalue weighted by Gasteiger charge is -2.32. The molecule has 1 atom stereocenters. The summed E-state index contributed by atoms with van der Waals surface area (Å²) < 4.78 is 0. The largest absolute Gasteiger partial charge is 0.370 e. The lowest BCUT2D eigenvalue weighted by atomic mass is 9.93. The van der Waals surface area contributed by atoms with E-state index in [1.54, 1.807) is 0 Å². The number of rotatable bonds is 1. The second kappa shape index (κ2) is 3.71. The van der Waals surface area contributed by atoms with E-state index in [1.807, 2.05) is 6.07 Å². The minimum absolute atomic E-state index is 0.157. The van der Waals surface area contributed by atoms with Gasteiger partial charge in [0, 0.05) is 18.8 Å². The van der Waals surface area contributed by atoms with Gasteiger partial charge in [0.25, 0.3) is 0 Å². The molecule has 1 aromatic carbocycles. The summed E-state index contributed by atoms with van der Waals surface area (Å²) >= 11 is 0. The molecule has 0 aliphatic carbocycles. The van der Waals surface area contributed by atoms with Crippen LogP contribution in [0.5, 0.6) is 0 Å². The highest BCUT2D eigenvalue weighted by atomic mass is 15.1. The predicted octanol–water partition coefficient (Wildman–Crippen LogP) is 2.21. The SMILES string of the molecule is CCN1CC(C#N)Cc2ccccc21. The number of nitriles is 1. The molecule has 1 aliphatic heterocycles. The molecule has 0 spiro atoms. The molecule has 1 aliphatic rings. The van der Waals surface area contributed by atoms with Crippen LogP contribution in [0, 0.1) is 17.2 Å². The van der Waals surface area contributed by atoms with E-state index in [2.05, 4.69) is 36.1 Å². The second-order valence-electron chi connectivity index (χ2n) is 3.70. The third-order valence-corrected chi connectivity index (χ3v) is 2.80. The summed E-state index contributed by atoms with van der Waals surface area (Å²) in [6.07, 6.45) is 0.906. The molecule has 0 fully saturated rings. The van der Waals surface area contributed by atoms with Crippen molar-refractivity contribution in [2.24, 2.45) is 5.92 Å². The molecule has 0 amide bonds. The van der Waals surface area contributed by atoms with Gasteiger partial charge in [0.05, 0.1) is 12.0 Å². The minimum Gasteiger partial charge on any atom is -0.370 e. The number of anilines is 1. The maximum Gasteiger partial charge on any atom is 0.0679 e. The Balaban J connectivity index is 2.36. The normalized spacial score (nSPS) is 20.0. The molecule has 0 saturated heterocycles. The van der Waals surface area contributed by atoms with Gasteiger partial charge in [-0.05, 0) is 25.0 Å². The lowest BCUT2D eigenvalue weighted by molar-refractivity contribution is 0.599. The predicted molar refractivity (Wildman–Crippen MR) is 57.1 cm³/mol. The van der Waals surface area contributed by atoms with Gasteiger partial charge in [-0.3, -0.25) is 0 Å². The lowest BCUT2D eigenvalue weighted by Crippen LogP contribution is -2.34. The van der Waals surface area contributed by atoms with Crippen LogP contribution in [0.2, 0.25) is 0 Å². The molecule has 1 aromatic rings. The van der Waals surface area contributed by atoms with E-state index >= 15 is 0 Å². The van der Waals surface area contributed by atoms with Gasteiger partial charge >= 0.3 is 0 Å². The van der Waals surface area contributed by atoms with Crippen molar-refractivity contribution in [1.82, 2.24) is 0 Å². The number of para-hydroxylation sites is 1. The zero-order chi connectivity index (χ0) is 9.97. The van der Waals surface area contributed by atoms with Gasteiger partial charge < -0.3 is 4.90 Å². The first-order valence-corrected chi connectivity index (χ1v) is 5.07. The van der Waals surface area contributed by atoms with Crippen molar-refractivity contribution in [3.63, 3.8) is 0 Å². The Kier molecular flexibility index (Phi) is 2.41. The maximum absolute atomic E-state index is 8.95. The summed E-state index contributed by atoms with van der Waals surface area (Å²) in [5.74, 6) is 0.157. The Labute approximate surface area is 84.8 Å². The summed E-state index contributed by atoms with van der Waals surface area (Å²) in [6.45, 7) is 4.00. The highest BCUT2D eigenvalue weighted by Crippen LogP contribution is 2.28. The van der Waals surface area contributed by atoms with E-state index in [9.17, 15) is 0 Å². The van der Waals surface area contributed by atoms with E-state index in [0.717, 1.165) is 19.5 Å². The molecular weight excluding hydrogens is 172 g/mol. The van der Waals surface area contributed by atoms with Gasteiger partial charge in [-0.15, -0.1) is 0 Å². The van der Waals surface area contributed by atoms with Crippen LogP contribution in [0.3, 0.4) is 0 Å². The van der Waals surface area contributed by atoms with E-state index in [1.165, 1.54) is 11.3 Å². The van der Waals surface area contributed by atoms with Crippen LogP contribution >= 0.6 is 0 Å². The smallest absolute Gasteiger partial charge is 0.0679 e. The van der Waals surface area contributed by atoms with Gasteiger partial charge in [0.2, 0.25) is 0 Å². The Morgan fingerprint density at radius 2 is 2.29 bits per heavy atom. The molecular formula is C12H14N2. The van der Waals surface area contributed by atoms with Gasteiger partial charge in [0.1, 0.15) is 0 Å². The number of benzene rings is 1. The van der Waals surface area contributed by atoms with Crippen molar-refractivity contribution in [2.75, 3.05) is 18.0 Å². The van der Waals surface area contributed by atoms with Crippen LogP contribution in [-0.4, -0.2) is 13.1 Å². The van der Waals surface area contributed by atoms with Crippen molar-refractivity contribution in [3.8, 4) is 6.07 Å². The topological polar surface area (TPSA) is 27.0 Å². The quantitative estimate of drug-likeness (QED) is 0.672. The molecule has 1 heterocycles. The van der Waals surface area contributed by atoms with E-state index < -0.39 is 0 Å². The van der Waals surface area contributed by atoms with Gasteiger partial charge in [-0.25, -0.2) is 0 Å². The Hall–Kier alpha value is -1.49. The fourth-order valence-electron chi connectivity index (χ4n) is 2.07. The third-order valence-electron chi connectivity index (χ3n) is 2.80. The molecule has 0 saturated carbocycles. The first-order chi connectivity index (χ1) is 6.85. The summed E-state index contributed by atoms with van der Waals surface area (Å²) in [5, 5.41) is 8.95. The molecule has 2 rings (SSSR count). The Morgan fingerprint density at radius 1 is 1.50 bits per heavy atom. The van der Waals surface area contributed by atoms with Crippen molar-refractivity contribution in [3.05, 3.63) is 29.8 Å².